The molecule has 1 aliphatic carbocycles. The van der Waals surface area contributed by atoms with Gasteiger partial charge >= 0.3 is 0 Å². The number of para-hydroxylation sites is 1. The van der Waals surface area contributed by atoms with Crippen molar-refractivity contribution in [3.05, 3.63) is 41.1 Å². The summed E-state index contributed by atoms with van der Waals surface area (Å²) >= 11 is 0. The molecule has 106 valence electrons. The Balaban J connectivity index is 1.89. The molecule has 4 heteroatoms. The molecule has 1 heterocycles. The lowest BCUT2D eigenvalue weighted by atomic mass is 9.82. The lowest BCUT2D eigenvalue weighted by Gasteiger charge is -2.23. The van der Waals surface area contributed by atoms with Crippen molar-refractivity contribution in [3.8, 4) is 5.75 Å². The van der Waals surface area contributed by atoms with Gasteiger partial charge in [0.2, 0.25) is 5.88 Å². The van der Waals surface area contributed by atoms with Gasteiger partial charge in [-0.2, -0.15) is 0 Å². The standard InChI is InChI=1S/C16H20N2O2/c1-18(2)16-13-9-8-11(10-14(13)17-20-16)12-6-4-5-7-15(12)19-3/h4-7,11H,8-10H2,1-3H3. The van der Waals surface area contributed by atoms with Crippen LogP contribution in [0.2, 0.25) is 0 Å². The number of methoxy groups -OCH3 is 1. The maximum atomic E-state index is 5.48. The van der Waals surface area contributed by atoms with Gasteiger partial charge in [-0.15, -0.1) is 0 Å². The smallest absolute Gasteiger partial charge is 0.230 e. The molecule has 3 rings (SSSR count). The number of nitrogens with zero attached hydrogens (tertiary/aromatic N) is 2. The Morgan fingerprint density at radius 1 is 1.30 bits per heavy atom. The maximum absolute atomic E-state index is 5.48. The molecule has 1 atom stereocenters. The average Bonchev–Trinajstić information content (AvgIpc) is 2.90. The van der Waals surface area contributed by atoms with Gasteiger partial charge in [0, 0.05) is 26.1 Å². The topological polar surface area (TPSA) is 38.5 Å². The van der Waals surface area contributed by atoms with Gasteiger partial charge in [0.05, 0.1) is 12.8 Å². The Labute approximate surface area is 119 Å². The van der Waals surface area contributed by atoms with E-state index in [2.05, 4.69) is 17.3 Å². The highest BCUT2D eigenvalue weighted by Gasteiger charge is 2.28. The van der Waals surface area contributed by atoms with E-state index in [1.165, 1.54) is 11.1 Å². The first-order chi connectivity index (χ1) is 9.70. The zero-order valence-electron chi connectivity index (χ0n) is 12.2. The second-order valence-electron chi connectivity index (χ2n) is 5.49. The average molecular weight is 272 g/mol. The van der Waals surface area contributed by atoms with Gasteiger partial charge in [0.1, 0.15) is 5.75 Å². The minimum absolute atomic E-state index is 0.457. The van der Waals surface area contributed by atoms with E-state index in [1.54, 1.807) is 7.11 Å². The van der Waals surface area contributed by atoms with Crippen molar-refractivity contribution in [1.82, 2.24) is 5.16 Å². The molecule has 0 saturated carbocycles. The summed E-state index contributed by atoms with van der Waals surface area (Å²) in [5.74, 6) is 2.33. The van der Waals surface area contributed by atoms with Crippen LogP contribution in [0.15, 0.2) is 28.8 Å². The first kappa shape index (κ1) is 13.0. The summed E-state index contributed by atoms with van der Waals surface area (Å²) in [4.78, 5) is 2.00. The number of hydrogen-bond acceptors (Lipinski definition) is 4. The molecule has 1 aliphatic rings. The number of aromatic nitrogens is 1. The summed E-state index contributed by atoms with van der Waals surface area (Å²) in [6.45, 7) is 0. The SMILES string of the molecule is COc1ccccc1C1CCc2c(noc2N(C)C)C1. The van der Waals surface area contributed by atoms with Crippen molar-refractivity contribution in [1.29, 1.82) is 0 Å². The van der Waals surface area contributed by atoms with Crippen molar-refractivity contribution in [3.63, 3.8) is 0 Å². The number of ether oxygens (including phenoxy) is 1. The number of fused-ring (bicyclic) bond motifs is 1. The molecular formula is C16H20N2O2. The molecule has 1 unspecified atom stereocenters. The molecule has 0 bridgehead atoms. The predicted octanol–water partition coefficient (Wildman–Crippen LogP) is 3.02. The van der Waals surface area contributed by atoms with E-state index in [0.717, 1.165) is 36.6 Å². The van der Waals surface area contributed by atoms with E-state index >= 15 is 0 Å². The molecule has 1 aromatic carbocycles. The largest absolute Gasteiger partial charge is 0.496 e. The molecular weight excluding hydrogens is 252 g/mol. The van der Waals surface area contributed by atoms with E-state index in [9.17, 15) is 0 Å². The first-order valence-electron chi connectivity index (χ1n) is 6.98. The summed E-state index contributed by atoms with van der Waals surface area (Å²) < 4.78 is 10.9. The van der Waals surface area contributed by atoms with E-state index in [-0.39, 0.29) is 0 Å². The number of hydrogen-bond donors (Lipinski definition) is 0. The van der Waals surface area contributed by atoms with E-state index in [4.69, 9.17) is 9.26 Å². The maximum Gasteiger partial charge on any atom is 0.230 e. The van der Waals surface area contributed by atoms with Crippen LogP contribution in [-0.4, -0.2) is 26.4 Å². The van der Waals surface area contributed by atoms with Crippen molar-refractivity contribution < 1.29 is 9.26 Å². The summed E-state index contributed by atoms with van der Waals surface area (Å²) in [6, 6.07) is 8.26. The fourth-order valence-corrected chi connectivity index (χ4v) is 3.02. The molecule has 20 heavy (non-hydrogen) atoms. The van der Waals surface area contributed by atoms with Crippen LogP contribution >= 0.6 is 0 Å². The third-order valence-electron chi connectivity index (χ3n) is 4.02. The highest BCUT2D eigenvalue weighted by atomic mass is 16.5. The van der Waals surface area contributed by atoms with Crippen LogP contribution in [0.1, 0.15) is 29.2 Å². The molecule has 0 amide bonds. The molecule has 0 N–H and O–H groups in total. The number of benzene rings is 1. The van der Waals surface area contributed by atoms with E-state index < -0.39 is 0 Å². The van der Waals surface area contributed by atoms with Gasteiger partial charge in [0.25, 0.3) is 0 Å². The minimum Gasteiger partial charge on any atom is -0.496 e. The summed E-state index contributed by atoms with van der Waals surface area (Å²) in [6.07, 6.45) is 3.04. The summed E-state index contributed by atoms with van der Waals surface area (Å²) in [7, 11) is 5.72. The lowest BCUT2D eigenvalue weighted by Crippen LogP contribution is -2.16. The molecule has 1 aromatic heterocycles. The second-order valence-corrected chi connectivity index (χ2v) is 5.49. The van der Waals surface area contributed by atoms with Gasteiger partial charge in [-0.25, -0.2) is 0 Å². The highest BCUT2D eigenvalue weighted by molar-refractivity contribution is 5.48. The summed E-state index contributed by atoms with van der Waals surface area (Å²) in [5, 5.41) is 4.25. The second kappa shape index (κ2) is 5.19. The zero-order chi connectivity index (χ0) is 14.1. The van der Waals surface area contributed by atoms with Crippen molar-refractivity contribution in [2.75, 3.05) is 26.1 Å². The Morgan fingerprint density at radius 3 is 2.85 bits per heavy atom. The minimum atomic E-state index is 0.457. The van der Waals surface area contributed by atoms with Crippen molar-refractivity contribution in [2.24, 2.45) is 0 Å². The quantitative estimate of drug-likeness (QED) is 0.861. The van der Waals surface area contributed by atoms with Crippen LogP contribution in [0.5, 0.6) is 5.75 Å². The molecule has 0 radical (unpaired) electrons. The molecule has 0 aliphatic heterocycles. The van der Waals surface area contributed by atoms with Gasteiger partial charge in [-0.3, -0.25) is 0 Å². The third-order valence-corrected chi connectivity index (χ3v) is 4.02. The fraction of sp³-hybridized carbons (Fsp3) is 0.438. The van der Waals surface area contributed by atoms with Crippen LogP contribution in [0, 0.1) is 0 Å². The van der Waals surface area contributed by atoms with Crippen LogP contribution in [-0.2, 0) is 12.8 Å². The Hall–Kier alpha value is -1.97. The van der Waals surface area contributed by atoms with Crippen molar-refractivity contribution in [2.45, 2.75) is 25.2 Å². The molecule has 0 spiro atoms. The van der Waals surface area contributed by atoms with Crippen LogP contribution in [0.4, 0.5) is 5.88 Å². The fourth-order valence-electron chi connectivity index (χ4n) is 3.02. The van der Waals surface area contributed by atoms with Crippen LogP contribution in [0.25, 0.3) is 0 Å². The van der Waals surface area contributed by atoms with Crippen LogP contribution in [0.3, 0.4) is 0 Å². The number of anilines is 1. The van der Waals surface area contributed by atoms with E-state index in [0.29, 0.717) is 5.92 Å². The molecule has 2 aromatic rings. The normalized spacial score (nSPS) is 17.6. The van der Waals surface area contributed by atoms with Crippen LogP contribution < -0.4 is 9.64 Å². The molecule has 4 nitrogen and oxygen atoms in total. The van der Waals surface area contributed by atoms with Gasteiger partial charge in [0.15, 0.2) is 0 Å². The third kappa shape index (κ3) is 2.15. The predicted molar refractivity (Wildman–Crippen MR) is 78.6 cm³/mol. The first-order valence-corrected chi connectivity index (χ1v) is 6.98. The Bertz CT molecular complexity index is 604. The molecule has 0 saturated heterocycles. The van der Waals surface area contributed by atoms with Gasteiger partial charge < -0.3 is 14.2 Å². The molecule has 0 fully saturated rings. The highest BCUT2D eigenvalue weighted by Crippen LogP contribution is 2.39. The van der Waals surface area contributed by atoms with Gasteiger partial charge in [-0.1, -0.05) is 23.4 Å². The van der Waals surface area contributed by atoms with Gasteiger partial charge in [-0.05, 0) is 30.4 Å². The monoisotopic (exact) mass is 272 g/mol. The van der Waals surface area contributed by atoms with Crippen molar-refractivity contribution >= 4 is 5.88 Å². The number of rotatable bonds is 3. The Morgan fingerprint density at radius 2 is 2.10 bits per heavy atom. The Kier molecular flexibility index (Phi) is 3.38. The zero-order valence-corrected chi connectivity index (χ0v) is 12.2. The lowest BCUT2D eigenvalue weighted by molar-refractivity contribution is 0.398. The summed E-state index contributed by atoms with van der Waals surface area (Å²) in [5.41, 5.74) is 3.63. The van der Waals surface area contributed by atoms with E-state index in [1.807, 2.05) is 31.1 Å².